The lowest BCUT2D eigenvalue weighted by atomic mass is 10.3. The van der Waals surface area contributed by atoms with Gasteiger partial charge in [-0.05, 0) is 6.92 Å². The van der Waals surface area contributed by atoms with E-state index in [1.165, 1.54) is 10.9 Å². The van der Waals surface area contributed by atoms with Crippen LogP contribution >= 0.6 is 11.6 Å². The number of hydrogen-bond acceptors (Lipinski definition) is 7. The Morgan fingerprint density at radius 2 is 2.18 bits per heavy atom. The summed E-state index contributed by atoms with van der Waals surface area (Å²) in [5.74, 6) is 1.71. The molecule has 112 valence electrons. The third kappa shape index (κ3) is 1.75. The van der Waals surface area contributed by atoms with E-state index in [0.29, 0.717) is 41.0 Å². The van der Waals surface area contributed by atoms with Gasteiger partial charge in [0, 0.05) is 5.88 Å². The van der Waals surface area contributed by atoms with Crippen molar-refractivity contribution >= 4 is 34.2 Å². The van der Waals surface area contributed by atoms with Crippen LogP contribution in [-0.2, 0) is 6.54 Å². The summed E-state index contributed by atoms with van der Waals surface area (Å²) in [7, 11) is 0. The van der Waals surface area contributed by atoms with Crippen LogP contribution in [0.4, 0.5) is 5.95 Å². The van der Waals surface area contributed by atoms with Gasteiger partial charge in [0.2, 0.25) is 11.8 Å². The van der Waals surface area contributed by atoms with E-state index in [0.717, 1.165) is 5.39 Å². The van der Waals surface area contributed by atoms with Crippen LogP contribution in [0.2, 0.25) is 0 Å². The van der Waals surface area contributed by atoms with Gasteiger partial charge in [0.1, 0.15) is 5.76 Å². The van der Waals surface area contributed by atoms with E-state index in [9.17, 15) is 0 Å². The fourth-order valence-corrected chi connectivity index (χ4v) is 2.48. The van der Waals surface area contributed by atoms with Gasteiger partial charge >= 0.3 is 0 Å². The van der Waals surface area contributed by atoms with Gasteiger partial charge in [0.25, 0.3) is 0 Å². The van der Waals surface area contributed by atoms with E-state index in [2.05, 4.69) is 25.1 Å². The Kier molecular flexibility index (Phi) is 2.76. The van der Waals surface area contributed by atoms with Gasteiger partial charge in [-0.25, -0.2) is 14.6 Å². The van der Waals surface area contributed by atoms with Crippen molar-refractivity contribution in [3.8, 4) is 11.5 Å². The van der Waals surface area contributed by atoms with Crippen molar-refractivity contribution < 1.29 is 4.42 Å². The van der Waals surface area contributed by atoms with Crippen LogP contribution in [0.1, 0.15) is 5.76 Å². The third-order valence-corrected chi connectivity index (χ3v) is 3.52. The predicted molar refractivity (Wildman–Crippen MR) is 79.4 cm³/mol. The summed E-state index contributed by atoms with van der Waals surface area (Å²) in [6.45, 7) is 2.33. The molecule has 0 atom stereocenters. The largest absolute Gasteiger partial charge is 0.448 e. The van der Waals surface area contributed by atoms with Gasteiger partial charge in [0.05, 0.1) is 18.1 Å². The number of oxazole rings is 1. The summed E-state index contributed by atoms with van der Waals surface area (Å²) in [4.78, 5) is 13.0. The predicted octanol–water partition coefficient (Wildman–Crippen LogP) is 1.26. The number of alkyl halides is 1. The monoisotopic (exact) mass is 318 g/mol. The lowest BCUT2D eigenvalue weighted by Gasteiger charge is -2.01. The number of nitrogens with zero attached hydrogens (tertiary/aromatic N) is 7. The second-order valence-electron chi connectivity index (χ2n) is 4.69. The van der Waals surface area contributed by atoms with Crippen molar-refractivity contribution in [1.82, 2.24) is 34.3 Å². The van der Waals surface area contributed by atoms with Gasteiger partial charge in [0.15, 0.2) is 23.4 Å². The van der Waals surface area contributed by atoms with E-state index in [1.54, 1.807) is 17.8 Å². The maximum Gasteiger partial charge on any atom is 0.225 e. The van der Waals surface area contributed by atoms with Crippen molar-refractivity contribution in [2.24, 2.45) is 0 Å². The number of fused-ring (bicyclic) bond motifs is 3. The molecule has 10 heteroatoms. The van der Waals surface area contributed by atoms with Crippen LogP contribution in [0.3, 0.4) is 0 Å². The van der Waals surface area contributed by atoms with Crippen molar-refractivity contribution in [1.29, 1.82) is 0 Å². The molecule has 0 spiro atoms. The molecule has 0 saturated heterocycles. The maximum absolute atomic E-state index is 5.98. The zero-order valence-corrected chi connectivity index (χ0v) is 12.3. The minimum absolute atomic E-state index is 0.221. The smallest absolute Gasteiger partial charge is 0.225 e. The molecule has 4 heterocycles. The molecular formula is C12H11ClN8O. The molecule has 0 amide bonds. The van der Waals surface area contributed by atoms with Gasteiger partial charge in [-0.3, -0.25) is 0 Å². The zero-order chi connectivity index (χ0) is 15.3. The summed E-state index contributed by atoms with van der Waals surface area (Å²) in [6, 6.07) is 0. The quantitative estimate of drug-likeness (QED) is 0.566. The first-order valence-corrected chi connectivity index (χ1v) is 7.06. The first kappa shape index (κ1) is 13.0. The molecule has 0 aromatic carbocycles. The van der Waals surface area contributed by atoms with E-state index >= 15 is 0 Å². The highest BCUT2D eigenvalue weighted by Gasteiger charge is 2.18. The Labute approximate surface area is 128 Å². The van der Waals surface area contributed by atoms with E-state index in [4.69, 9.17) is 21.8 Å². The average Bonchev–Trinajstić information content (AvgIpc) is 3.18. The van der Waals surface area contributed by atoms with Crippen LogP contribution < -0.4 is 5.73 Å². The second kappa shape index (κ2) is 4.67. The van der Waals surface area contributed by atoms with Crippen LogP contribution in [0, 0.1) is 6.92 Å². The summed E-state index contributed by atoms with van der Waals surface area (Å²) >= 11 is 5.77. The highest BCUT2D eigenvalue weighted by molar-refractivity contribution is 6.17. The molecule has 0 saturated carbocycles. The molecule has 0 fully saturated rings. The molecule has 0 aliphatic carbocycles. The number of halogens is 1. The third-order valence-electron chi connectivity index (χ3n) is 3.35. The van der Waals surface area contributed by atoms with Crippen molar-refractivity contribution in [2.75, 3.05) is 11.6 Å². The zero-order valence-electron chi connectivity index (χ0n) is 11.6. The highest BCUT2D eigenvalue weighted by Crippen LogP contribution is 2.24. The Morgan fingerprint density at radius 1 is 1.32 bits per heavy atom. The van der Waals surface area contributed by atoms with Gasteiger partial charge < -0.3 is 10.2 Å². The van der Waals surface area contributed by atoms with Crippen LogP contribution in [-0.4, -0.2) is 40.2 Å². The molecule has 4 rings (SSSR count). The molecule has 2 N–H and O–H groups in total. The van der Waals surface area contributed by atoms with E-state index < -0.39 is 0 Å². The van der Waals surface area contributed by atoms with Crippen LogP contribution in [0.25, 0.3) is 28.2 Å². The lowest BCUT2D eigenvalue weighted by Crippen LogP contribution is -2.06. The fourth-order valence-electron chi connectivity index (χ4n) is 2.32. The summed E-state index contributed by atoms with van der Waals surface area (Å²) in [5.41, 5.74) is 7.75. The first-order chi connectivity index (χ1) is 10.7. The minimum atomic E-state index is 0.221. The molecule has 0 aliphatic rings. The number of nitrogen functional groups attached to an aromatic ring is 1. The Morgan fingerprint density at radius 3 is 2.91 bits per heavy atom. The Hall–Kier alpha value is -2.68. The molecule has 22 heavy (non-hydrogen) atoms. The number of aromatic nitrogens is 7. The Bertz CT molecular complexity index is 984. The molecular weight excluding hydrogens is 308 g/mol. The van der Waals surface area contributed by atoms with E-state index in [1.807, 2.05) is 0 Å². The maximum atomic E-state index is 5.98. The molecule has 0 radical (unpaired) electrons. The summed E-state index contributed by atoms with van der Waals surface area (Å²) in [5, 5.41) is 9.37. The number of aryl methyl sites for hydroxylation is 2. The standard InChI is InChI=1S/C12H11ClN8O/c1-6-8(15-5-22-6)9-17-11-7-4-16-20(3-2-13)10(7)18-12(14)21(11)19-9/h4-5H,2-3H2,1H3,(H2,14,18). The number of nitrogens with two attached hydrogens (primary N) is 1. The molecule has 4 aromatic heterocycles. The van der Waals surface area contributed by atoms with Crippen molar-refractivity contribution in [3.05, 3.63) is 18.4 Å². The average molecular weight is 319 g/mol. The molecule has 0 unspecified atom stereocenters. The summed E-state index contributed by atoms with van der Waals surface area (Å²) in [6.07, 6.45) is 3.03. The molecule has 0 bridgehead atoms. The molecule has 9 nitrogen and oxygen atoms in total. The van der Waals surface area contributed by atoms with E-state index in [-0.39, 0.29) is 5.95 Å². The topological polar surface area (TPSA) is 113 Å². The van der Waals surface area contributed by atoms with Gasteiger partial charge in [-0.1, -0.05) is 0 Å². The van der Waals surface area contributed by atoms with Gasteiger partial charge in [-0.15, -0.1) is 16.7 Å². The SMILES string of the molecule is Cc1ocnc1-c1nc2c3cnn(CCCl)c3nc(N)n2n1. The summed E-state index contributed by atoms with van der Waals surface area (Å²) < 4.78 is 8.35. The highest BCUT2D eigenvalue weighted by atomic mass is 35.5. The lowest BCUT2D eigenvalue weighted by molar-refractivity contribution is 0.527. The Balaban J connectivity index is 2.01. The minimum Gasteiger partial charge on any atom is -0.448 e. The van der Waals surface area contributed by atoms with Crippen molar-refractivity contribution in [2.45, 2.75) is 13.5 Å². The fraction of sp³-hybridized carbons (Fsp3) is 0.250. The molecule has 4 aromatic rings. The van der Waals surface area contributed by atoms with Crippen LogP contribution in [0.15, 0.2) is 17.0 Å². The molecule has 0 aliphatic heterocycles. The van der Waals surface area contributed by atoms with Crippen molar-refractivity contribution in [3.63, 3.8) is 0 Å². The van der Waals surface area contributed by atoms with Gasteiger partial charge in [-0.2, -0.15) is 14.6 Å². The normalized spacial score (nSPS) is 11.7. The first-order valence-electron chi connectivity index (χ1n) is 6.53. The number of hydrogen-bond donors (Lipinski definition) is 1. The van der Waals surface area contributed by atoms with Crippen LogP contribution in [0.5, 0.6) is 0 Å². The number of anilines is 1. The second-order valence-corrected chi connectivity index (χ2v) is 5.07. The number of rotatable bonds is 3.